The quantitative estimate of drug-likeness (QED) is 0.761. The average Bonchev–Trinajstić information content (AvgIpc) is 2.97. The number of alkyl carbamates (subject to hydrolysis) is 1. The van der Waals surface area contributed by atoms with Crippen LogP contribution in [0.15, 0.2) is 18.2 Å². The molecule has 1 aromatic rings. The third-order valence-electron chi connectivity index (χ3n) is 5.29. The first-order chi connectivity index (χ1) is 13.6. The van der Waals surface area contributed by atoms with E-state index in [4.69, 9.17) is 14.2 Å². The highest BCUT2D eigenvalue weighted by Crippen LogP contribution is 2.35. The Kier molecular flexibility index (Phi) is 4.70. The zero-order valence-electron chi connectivity index (χ0n) is 15.1. The first-order valence-corrected chi connectivity index (χ1v) is 9.04. The summed E-state index contributed by atoms with van der Waals surface area (Å²) in [5, 5.41) is 2.67. The molecule has 2 saturated heterocycles. The van der Waals surface area contributed by atoms with Crippen LogP contribution >= 0.6 is 0 Å². The lowest BCUT2D eigenvalue weighted by atomic mass is 9.83. The highest BCUT2D eigenvalue weighted by atomic mass is 19.4. The van der Waals surface area contributed by atoms with Gasteiger partial charge in [-0.15, -0.1) is 0 Å². The van der Waals surface area contributed by atoms with Crippen molar-refractivity contribution in [1.29, 1.82) is 0 Å². The van der Waals surface area contributed by atoms with Crippen molar-refractivity contribution in [2.24, 2.45) is 5.92 Å². The fourth-order valence-electron chi connectivity index (χ4n) is 3.60. The van der Waals surface area contributed by atoms with Crippen LogP contribution in [0.5, 0.6) is 5.75 Å². The molecule has 1 N–H and O–H groups in total. The zero-order chi connectivity index (χ0) is 20.8. The molecule has 3 fully saturated rings. The molecule has 1 spiro atoms. The molecular formula is C18H18F4N2O5. The lowest BCUT2D eigenvalue weighted by Crippen LogP contribution is -2.70. The van der Waals surface area contributed by atoms with Crippen LogP contribution in [0.1, 0.15) is 18.4 Å². The minimum atomic E-state index is -4.61. The molecule has 29 heavy (non-hydrogen) atoms. The smallest absolute Gasteiger partial charge is 0.416 e. The molecular weight excluding hydrogens is 400 g/mol. The van der Waals surface area contributed by atoms with Gasteiger partial charge in [0.25, 0.3) is 0 Å². The van der Waals surface area contributed by atoms with Gasteiger partial charge in [0, 0.05) is 0 Å². The zero-order valence-corrected chi connectivity index (χ0v) is 15.1. The van der Waals surface area contributed by atoms with E-state index in [0.29, 0.717) is 32.0 Å². The number of hydrogen-bond donors (Lipinski definition) is 1. The number of carbonyl (C=O) groups excluding carboxylic acids is 2. The molecule has 0 aromatic heterocycles. The van der Waals surface area contributed by atoms with Crippen LogP contribution in [-0.4, -0.2) is 55.0 Å². The van der Waals surface area contributed by atoms with Gasteiger partial charge in [-0.1, -0.05) is 0 Å². The van der Waals surface area contributed by atoms with Gasteiger partial charge in [-0.25, -0.2) is 14.0 Å². The number of nitrogens with zero attached hydrogens (tertiary/aromatic N) is 1. The molecule has 11 heteroatoms. The van der Waals surface area contributed by atoms with E-state index in [-0.39, 0.29) is 31.0 Å². The summed E-state index contributed by atoms with van der Waals surface area (Å²) in [4.78, 5) is 24.6. The SMILES string of the molecule is O=C1NC2(CO1)CN(C(=O)OC1CC(COc3ccc(C(F)(F)F)cc3F)C1)C2. The number of halogens is 4. The number of ether oxygens (including phenoxy) is 3. The van der Waals surface area contributed by atoms with E-state index >= 15 is 0 Å². The standard InChI is InChI=1S/C18H18F4N2O5/c19-13-5-11(18(20,21)22)1-2-14(13)27-6-10-3-12(4-10)29-16(26)24-7-17(8-24)9-28-15(25)23-17/h1-2,5,10,12H,3-4,6-9H2,(H,23,25). The molecule has 158 valence electrons. The second-order valence-corrected chi connectivity index (χ2v) is 7.63. The number of rotatable bonds is 4. The summed E-state index contributed by atoms with van der Waals surface area (Å²) in [5.41, 5.74) is -1.59. The van der Waals surface area contributed by atoms with Gasteiger partial charge in [-0.05, 0) is 37.0 Å². The maximum Gasteiger partial charge on any atom is 0.416 e. The van der Waals surface area contributed by atoms with Gasteiger partial charge in [-0.3, -0.25) is 0 Å². The third kappa shape index (κ3) is 4.03. The molecule has 0 radical (unpaired) electrons. The molecule has 0 unspecified atom stereocenters. The van der Waals surface area contributed by atoms with Gasteiger partial charge < -0.3 is 24.4 Å². The molecule has 2 aliphatic heterocycles. The Bertz CT molecular complexity index is 819. The summed E-state index contributed by atoms with van der Waals surface area (Å²) in [6.45, 7) is 0.986. The van der Waals surface area contributed by atoms with Crippen LogP contribution < -0.4 is 10.1 Å². The van der Waals surface area contributed by atoms with E-state index < -0.39 is 35.3 Å². The number of benzene rings is 1. The van der Waals surface area contributed by atoms with Crippen LogP contribution in [0.3, 0.4) is 0 Å². The van der Waals surface area contributed by atoms with Crippen LogP contribution in [0, 0.1) is 11.7 Å². The van der Waals surface area contributed by atoms with Crippen LogP contribution in [-0.2, 0) is 15.7 Å². The van der Waals surface area contributed by atoms with Crippen LogP contribution in [0.2, 0.25) is 0 Å². The Morgan fingerprint density at radius 1 is 1.31 bits per heavy atom. The summed E-state index contributed by atoms with van der Waals surface area (Å²) >= 11 is 0. The van der Waals surface area contributed by atoms with Crippen LogP contribution in [0.25, 0.3) is 0 Å². The average molecular weight is 418 g/mol. The number of alkyl halides is 3. The molecule has 3 aliphatic rings. The highest BCUT2D eigenvalue weighted by Gasteiger charge is 2.52. The maximum atomic E-state index is 13.8. The Morgan fingerprint density at radius 2 is 2.03 bits per heavy atom. The van der Waals surface area contributed by atoms with Crippen molar-refractivity contribution in [2.45, 2.75) is 30.7 Å². The van der Waals surface area contributed by atoms with Crippen molar-refractivity contribution in [1.82, 2.24) is 10.2 Å². The Labute approximate surface area is 162 Å². The second kappa shape index (κ2) is 6.96. The van der Waals surface area contributed by atoms with Gasteiger partial charge in [0.1, 0.15) is 18.2 Å². The second-order valence-electron chi connectivity index (χ2n) is 7.63. The summed E-state index contributed by atoms with van der Waals surface area (Å²) < 4.78 is 66.8. The van der Waals surface area contributed by atoms with Gasteiger partial charge in [0.15, 0.2) is 11.6 Å². The molecule has 1 saturated carbocycles. The number of hydrogen-bond acceptors (Lipinski definition) is 5. The molecule has 1 aromatic carbocycles. The number of amides is 2. The normalized spacial score (nSPS) is 25.0. The summed E-state index contributed by atoms with van der Waals surface area (Å²) in [5.74, 6) is -1.30. The van der Waals surface area contributed by atoms with E-state index in [2.05, 4.69) is 5.32 Å². The molecule has 4 rings (SSSR count). The van der Waals surface area contributed by atoms with Crippen LogP contribution in [0.4, 0.5) is 27.2 Å². The molecule has 7 nitrogen and oxygen atoms in total. The topological polar surface area (TPSA) is 77.1 Å². The van der Waals surface area contributed by atoms with Crippen molar-refractivity contribution in [3.8, 4) is 5.75 Å². The van der Waals surface area contributed by atoms with Crippen molar-refractivity contribution < 1.29 is 41.4 Å². The lowest BCUT2D eigenvalue weighted by molar-refractivity contribution is -0.137. The Hall–Kier alpha value is -2.72. The van der Waals surface area contributed by atoms with E-state index in [1.54, 1.807) is 0 Å². The number of nitrogens with one attached hydrogen (secondary N) is 1. The first kappa shape index (κ1) is 19.6. The minimum absolute atomic E-state index is 0.0137. The molecule has 2 amide bonds. The number of carbonyl (C=O) groups is 2. The molecule has 2 heterocycles. The van der Waals surface area contributed by atoms with Crippen molar-refractivity contribution in [3.05, 3.63) is 29.6 Å². The summed E-state index contributed by atoms with van der Waals surface area (Å²) in [7, 11) is 0. The van der Waals surface area contributed by atoms with E-state index in [9.17, 15) is 27.2 Å². The maximum absolute atomic E-state index is 13.8. The monoisotopic (exact) mass is 418 g/mol. The fraction of sp³-hybridized carbons (Fsp3) is 0.556. The lowest BCUT2D eigenvalue weighted by Gasteiger charge is -2.46. The number of cyclic esters (lactones) is 1. The Balaban J connectivity index is 1.17. The molecule has 1 aliphatic carbocycles. The number of likely N-dealkylation sites (tertiary alicyclic amines) is 1. The van der Waals surface area contributed by atoms with Gasteiger partial charge >= 0.3 is 18.4 Å². The summed E-state index contributed by atoms with van der Waals surface area (Å²) in [6, 6.07) is 2.12. The summed E-state index contributed by atoms with van der Waals surface area (Å²) in [6.07, 6.45) is -4.84. The predicted molar refractivity (Wildman–Crippen MR) is 88.7 cm³/mol. The predicted octanol–water partition coefficient (Wildman–Crippen LogP) is 2.93. The first-order valence-electron chi connectivity index (χ1n) is 9.04. The van der Waals surface area contributed by atoms with Gasteiger partial charge in [-0.2, -0.15) is 13.2 Å². The molecule has 0 bridgehead atoms. The fourth-order valence-corrected chi connectivity index (χ4v) is 3.60. The van der Waals surface area contributed by atoms with Crippen molar-refractivity contribution in [2.75, 3.05) is 26.3 Å². The van der Waals surface area contributed by atoms with Crippen molar-refractivity contribution >= 4 is 12.2 Å². The van der Waals surface area contributed by atoms with Gasteiger partial charge in [0.05, 0.1) is 25.3 Å². The molecule has 0 atom stereocenters. The van der Waals surface area contributed by atoms with E-state index in [1.165, 1.54) is 4.90 Å². The third-order valence-corrected chi connectivity index (χ3v) is 5.29. The van der Waals surface area contributed by atoms with Gasteiger partial charge in [0.2, 0.25) is 0 Å². The highest BCUT2D eigenvalue weighted by molar-refractivity contribution is 5.74. The van der Waals surface area contributed by atoms with E-state index in [1.807, 2.05) is 0 Å². The minimum Gasteiger partial charge on any atom is -0.490 e. The van der Waals surface area contributed by atoms with Crippen molar-refractivity contribution in [3.63, 3.8) is 0 Å². The van der Waals surface area contributed by atoms with E-state index in [0.717, 1.165) is 12.1 Å². The largest absolute Gasteiger partial charge is 0.490 e. The Morgan fingerprint density at radius 3 is 2.62 bits per heavy atom.